The SMILES string of the molecule is Cc1ccc(F)c(C(=O)N(CC#N)C2CCCC2)c1. The number of nitrogens with zero attached hydrogens (tertiary/aromatic N) is 2. The molecule has 4 heteroatoms. The molecule has 0 unspecified atom stereocenters. The zero-order chi connectivity index (χ0) is 13.8. The van der Waals surface area contributed by atoms with Crippen LogP contribution in [0.4, 0.5) is 4.39 Å². The van der Waals surface area contributed by atoms with Gasteiger partial charge in [0.15, 0.2) is 0 Å². The van der Waals surface area contributed by atoms with Crippen molar-refractivity contribution >= 4 is 5.91 Å². The molecule has 1 fully saturated rings. The molecule has 19 heavy (non-hydrogen) atoms. The van der Waals surface area contributed by atoms with E-state index in [4.69, 9.17) is 5.26 Å². The minimum Gasteiger partial charge on any atom is -0.322 e. The van der Waals surface area contributed by atoms with Gasteiger partial charge < -0.3 is 4.90 Å². The van der Waals surface area contributed by atoms with Crippen molar-refractivity contribution in [1.82, 2.24) is 4.90 Å². The highest BCUT2D eigenvalue weighted by Gasteiger charge is 2.28. The highest BCUT2D eigenvalue weighted by molar-refractivity contribution is 5.95. The Morgan fingerprint density at radius 3 is 2.79 bits per heavy atom. The van der Waals surface area contributed by atoms with E-state index in [-0.39, 0.29) is 24.1 Å². The van der Waals surface area contributed by atoms with E-state index in [1.165, 1.54) is 11.0 Å². The van der Waals surface area contributed by atoms with Crippen molar-refractivity contribution in [2.24, 2.45) is 0 Å². The molecule has 0 heterocycles. The zero-order valence-corrected chi connectivity index (χ0v) is 11.0. The molecule has 0 radical (unpaired) electrons. The highest BCUT2D eigenvalue weighted by Crippen LogP contribution is 2.25. The van der Waals surface area contributed by atoms with Gasteiger partial charge in [0.2, 0.25) is 0 Å². The lowest BCUT2D eigenvalue weighted by molar-refractivity contribution is 0.0704. The van der Waals surface area contributed by atoms with Gasteiger partial charge in [-0.3, -0.25) is 4.79 Å². The van der Waals surface area contributed by atoms with Crippen molar-refractivity contribution in [3.63, 3.8) is 0 Å². The first kappa shape index (κ1) is 13.5. The number of carbonyl (C=O) groups is 1. The van der Waals surface area contributed by atoms with Gasteiger partial charge in [-0.25, -0.2) is 4.39 Å². The second-order valence-corrected chi connectivity index (χ2v) is 5.01. The number of carbonyl (C=O) groups excluding carboxylic acids is 1. The van der Waals surface area contributed by atoms with Crippen LogP contribution in [0.2, 0.25) is 0 Å². The van der Waals surface area contributed by atoms with Crippen molar-refractivity contribution in [3.05, 3.63) is 35.1 Å². The molecule has 0 aliphatic heterocycles. The average molecular weight is 260 g/mol. The van der Waals surface area contributed by atoms with Crippen LogP contribution >= 0.6 is 0 Å². The summed E-state index contributed by atoms with van der Waals surface area (Å²) in [6.45, 7) is 1.84. The summed E-state index contributed by atoms with van der Waals surface area (Å²) in [5, 5.41) is 8.88. The van der Waals surface area contributed by atoms with E-state index in [0.717, 1.165) is 31.2 Å². The summed E-state index contributed by atoms with van der Waals surface area (Å²) < 4.78 is 13.8. The molecule has 2 rings (SSSR count). The number of amides is 1. The van der Waals surface area contributed by atoms with Crippen LogP contribution in [0.1, 0.15) is 41.6 Å². The summed E-state index contributed by atoms with van der Waals surface area (Å²) in [5.74, 6) is -0.883. The number of rotatable bonds is 3. The van der Waals surface area contributed by atoms with Crippen LogP contribution in [0.25, 0.3) is 0 Å². The van der Waals surface area contributed by atoms with Gasteiger partial charge in [0.1, 0.15) is 12.4 Å². The van der Waals surface area contributed by atoms with Crippen LogP contribution in [0.3, 0.4) is 0 Å². The van der Waals surface area contributed by atoms with E-state index in [0.29, 0.717) is 0 Å². The summed E-state index contributed by atoms with van der Waals surface area (Å²) in [7, 11) is 0. The van der Waals surface area contributed by atoms with E-state index in [1.54, 1.807) is 12.1 Å². The van der Waals surface area contributed by atoms with Gasteiger partial charge in [0, 0.05) is 6.04 Å². The Bertz CT molecular complexity index is 515. The lowest BCUT2D eigenvalue weighted by Crippen LogP contribution is -2.39. The maximum Gasteiger partial charge on any atom is 0.257 e. The molecule has 1 aliphatic carbocycles. The van der Waals surface area contributed by atoms with E-state index in [9.17, 15) is 9.18 Å². The van der Waals surface area contributed by atoms with Crippen molar-refractivity contribution in [3.8, 4) is 6.07 Å². The Morgan fingerprint density at radius 2 is 2.16 bits per heavy atom. The maximum absolute atomic E-state index is 13.8. The number of aryl methyl sites for hydroxylation is 1. The van der Waals surface area contributed by atoms with E-state index in [2.05, 4.69) is 0 Å². The Morgan fingerprint density at radius 1 is 1.47 bits per heavy atom. The first-order valence-electron chi connectivity index (χ1n) is 6.57. The van der Waals surface area contributed by atoms with Crippen molar-refractivity contribution in [2.45, 2.75) is 38.6 Å². The van der Waals surface area contributed by atoms with Crippen LogP contribution in [-0.4, -0.2) is 23.4 Å². The van der Waals surface area contributed by atoms with Gasteiger partial charge in [0.25, 0.3) is 5.91 Å². The molecule has 0 spiro atoms. The molecule has 0 bridgehead atoms. The summed E-state index contributed by atoms with van der Waals surface area (Å²) in [6.07, 6.45) is 3.94. The molecule has 1 aromatic rings. The number of nitriles is 1. The second kappa shape index (κ2) is 5.83. The summed E-state index contributed by atoms with van der Waals surface area (Å²) in [4.78, 5) is 13.9. The molecular weight excluding hydrogens is 243 g/mol. The van der Waals surface area contributed by atoms with E-state index >= 15 is 0 Å². The monoisotopic (exact) mass is 260 g/mol. The predicted molar refractivity (Wildman–Crippen MR) is 70.0 cm³/mol. The largest absolute Gasteiger partial charge is 0.322 e. The summed E-state index contributed by atoms with van der Waals surface area (Å²) >= 11 is 0. The normalized spacial score (nSPS) is 15.2. The quantitative estimate of drug-likeness (QED) is 0.784. The Balaban J connectivity index is 2.28. The van der Waals surface area contributed by atoms with Gasteiger partial charge >= 0.3 is 0 Å². The van der Waals surface area contributed by atoms with Crippen LogP contribution in [0.5, 0.6) is 0 Å². The minimum atomic E-state index is -0.517. The third-order valence-corrected chi connectivity index (χ3v) is 3.62. The first-order valence-corrected chi connectivity index (χ1v) is 6.57. The van der Waals surface area contributed by atoms with Gasteiger partial charge in [0.05, 0.1) is 11.6 Å². The fraction of sp³-hybridized carbons (Fsp3) is 0.467. The predicted octanol–water partition coefficient (Wildman–Crippen LogP) is 3.04. The lowest BCUT2D eigenvalue weighted by atomic mass is 10.1. The maximum atomic E-state index is 13.8. The average Bonchev–Trinajstić information content (AvgIpc) is 2.92. The van der Waals surface area contributed by atoms with Gasteiger partial charge in [-0.1, -0.05) is 24.5 Å². The molecule has 100 valence electrons. The molecule has 0 saturated heterocycles. The fourth-order valence-electron chi connectivity index (χ4n) is 2.62. The number of halogens is 1. The number of hydrogen-bond acceptors (Lipinski definition) is 2. The summed E-state index contributed by atoms with van der Waals surface area (Å²) in [5.41, 5.74) is 0.912. The Labute approximate surface area is 112 Å². The van der Waals surface area contributed by atoms with Crippen LogP contribution in [-0.2, 0) is 0 Å². The van der Waals surface area contributed by atoms with Crippen LogP contribution < -0.4 is 0 Å². The third kappa shape index (κ3) is 2.93. The fourth-order valence-corrected chi connectivity index (χ4v) is 2.62. The molecule has 1 amide bonds. The third-order valence-electron chi connectivity index (χ3n) is 3.62. The van der Waals surface area contributed by atoms with Crippen molar-refractivity contribution in [2.75, 3.05) is 6.54 Å². The molecule has 1 aromatic carbocycles. The smallest absolute Gasteiger partial charge is 0.257 e. The topological polar surface area (TPSA) is 44.1 Å². The highest BCUT2D eigenvalue weighted by atomic mass is 19.1. The molecule has 0 N–H and O–H groups in total. The van der Waals surface area contributed by atoms with Crippen LogP contribution in [0, 0.1) is 24.1 Å². The van der Waals surface area contributed by atoms with E-state index in [1.807, 2.05) is 13.0 Å². The Hall–Kier alpha value is -1.89. The lowest BCUT2D eigenvalue weighted by Gasteiger charge is -2.26. The van der Waals surface area contributed by atoms with Crippen LogP contribution in [0.15, 0.2) is 18.2 Å². The molecule has 0 atom stereocenters. The zero-order valence-electron chi connectivity index (χ0n) is 11.0. The second-order valence-electron chi connectivity index (χ2n) is 5.01. The minimum absolute atomic E-state index is 0.0247. The molecule has 0 aromatic heterocycles. The van der Waals surface area contributed by atoms with Crippen molar-refractivity contribution in [1.29, 1.82) is 5.26 Å². The van der Waals surface area contributed by atoms with Gasteiger partial charge in [-0.05, 0) is 31.9 Å². The van der Waals surface area contributed by atoms with Gasteiger partial charge in [-0.2, -0.15) is 5.26 Å². The molecular formula is C15H17FN2O. The van der Waals surface area contributed by atoms with Crippen molar-refractivity contribution < 1.29 is 9.18 Å². The standard InChI is InChI=1S/C15H17FN2O/c1-11-6-7-14(16)13(10-11)15(19)18(9-8-17)12-4-2-3-5-12/h6-7,10,12H,2-5,9H2,1H3. The molecule has 3 nitrogen and oxygen atoms in total. The molecule has 1 saturated carbocycles. The Kier molecular flexibility index (Phi) is 4.16. The molecule has 1 aliphatic rings. The van der Waals surface area contributed by atoms with Gasteiger partial charge in [-0.15, -0.1) is 0 Å². The summed E-state index contributed by atoms with van der Waals surface area (Å²) in [6, 6.07) is 6.58. The number of hydrogen-bond donors (Lipinski definition) is 0. The first-order chi connectivity index (χ1) is 9.13. The number of benzene rings is 1. The van der Waals surface area contributed by atoms with E-state index < -0.39 is 5.82 Å².